The van der Waals surface area contributed by atoms with Crippen molar-refractivity contribution < 1.29 is 24.0 Å². The van der Waals surface area contributed by atoms with Gasteiger partial charge in [-0.05, 0) is 55.3 Å². The summed E-state index contributed by atoms with van der Waals surface area (Å²) in [7, 11) is 1.51. The predicted octanol–water partition coefficient (Wildman–Crippen LogP) is 6.16. The Labute approximate surface area is 259 Å². The number of non-ortho nitro benzene ring substituents is 1. The number of nitrogens with one attached hydrogen (secondary N) is 1. The van der Waals surface area contributed by atoms with E-state index in [0.717, 1.165) is 22.4 Å². The van der Waals surface area contributed by atoms with Gasteiger partial charge in [0.2, 0.25) is 5.91 Å². The van der Waals surface area contributed by atoms with Crippen molar-refractivity contribution in [2.24, 2.45) is 5.92 Å². The highest BCUT2D eigenvalue weighted by Gasteiger charge is 2.70. The van der Waals surface area contributed by atoms with Gasteiger partial charge in [0.1, 0.15) is 17.2 Å². The van der Waals surface area contributed by atoms with Crippen LogP contribution in [0.25, 0.3) is 5.57 Å². The van der Waals surface area contributed by atoms with Gasteiger partial charge in [-0.3, -0.25) is 24.5 Å². The Morgan fingerprint density at radius 1 is 0.911 bits per heavy atom. The zero-order chi connectivity index (χ0) is 31.6. The summed E-state index contributed by atoms with van der Waals surface area (Å²) in [4.78, 5) is 57.5. The number of amides is 1. The fourth-order valence-corrected chi connectivity index (χ4v) is 7.45. The molecule has 45 heavy (non-hydrogen) atoms. The molecule has 1 spiro atoms. The first kappa shape index (κ1) is 28.2. The largest absolute Gasteiger partial charge is 0.497 e. The van der Waals surface area contributed by atoms with Gasteiger partial charge in [-0.25, -0.2) is 0 Å². The van der Waals surface area contributed by atoms with Crippen molar-refractivity contribution in [1.82, 2.24) is 0 Å². The highest BCUT2D eigenvalue weighted by atomic mass is 16.6. The van der Waals surface area contributed by atoms with Gasteiger partial charge in [0, 0.05) is 40.2 Å². The van der Waals surface area contributed by atoms with Crippen LogP contribution in [0.1, 0.15) is 44.3 Å². The van der Waals surface area contributed by atoms with Crippen LogP contribution in [0.15, 0.2) is 97.1 Å². The number of para-hydroxylation sites is 1. The summed E-state index contributed by atoms with van der Waals surface area (Å²) in [6.07, 6.45) is 1.98. The molecule has 0 radical (unpaired) electrons. The number of Topliss-reactive ketones (excluding diaryl/α,β-unsaturated/α-hetero) is 2. The molecule has 0 unspecified atom stereocenters. The fourth-order valence-electron chi connectivity index (χ4n) is 7.45. The van der Waals surface area contributed by atoms with E-state index in [9.17, 15) is 24.5 Å². The topological polar surface area (TPSA) is 119 Å². The molecular weight excluding hydrogens is 570 g/mol. The van der Waals surface area contributed by atoms with Crippen molar-refractivity contribution in [3.05, 3.63) is 135 Å². The maximum absolute atomic E-state index is 15.0. The lowest BCUT2D eigenvalue weighted by atomic mass is 9.64. The first-order valence-electron chi connectivity index (χ1n) is 14.6. The lowest BCUT2D eigenvalue weighted by molar-refractivity contribution is -0.384. The average Bonchev–Trinajstić information content (AvgIpc) is 3.52. The molecule has 7 rings (SSSR count). The minimum Gasteiger partial charge on any atom is -0.497 e. The summed E-state index contributed by atoms with van der Waals surface area (Å²) in [5, 5.41) is 14.7. The van der Waals surface area contributed by atoms with Crippen molar-refractivity contribution in [2.45, 2.75) is 31.3 Å². The van der Waals surface area contributed by atoms with Crippen LogP contribution >= 0.6 is 0 Å². The molecule has 0 bridgehead atoms. The Morgan fingerprint density at radius 2 is 1.64 bits per heavy atom. The smallest absolute Gasteiger partial charge is 0.270 e. The molecule has 4 aromatic rings. The lowest BCUT2D eigenvalue weighted by Gasteiger charge is -2.39. The van der Waals surface area contributed by atoms with E-state index in [4.69, 9.17) is 4.74 Å². The molecule has 9 nitrogen and oxygen atoms in total. The highest BCUT2D eigenvalue weighted by Crippen LogP contribution is 2.59. The summed E-state index contributed by atoms with van der Waals surface area (Å²) in [6.45, 7) is 3.95. The van der Waals surface area contributed by atoms with E-state index in [0.29, 0.717) is 22.6 Å². The molecule has 1 fully saturated rings. The van der Waals surface area contributed by atoms with Gasteiger partial charge in [-0.15, -0.1) is 0 Å². The molecule has 3 heterocycles. The monoisotopic (exact) mass is 599 g/mol. The Hall–Kier alpha value is -5.57. The number of fused-ring (bicyclic) bond motifs is 6. The molecule has 0 aromatic heterocycles. The van der Waals surface area contributed by atoms with Crippen molar-refractivity contribution >= 4 is 40.1 Å². The number of nitro benzene ring substituents is 1. The Balaban J connectivity index is 1.55. The molecule has 9 heteroatoms. The molecule has 224 valence electrons. The first-order chi connectivity index (χ1) is 21.7. The van der Waals surface area contributed by atoms with Crippen molar-refractivity contribution in [2.75, 3.05) is 17.3 Å². The number of methoxy groups -OCH3 is 1. The van der Waals surface area contributed by atoms with Gasteiger partial charge in [-0.2, -0.15) is 0 Å². The maximum Gasteiger partial charge on any atom is 0.270 e. The minimum atomic E-state index is -1.53. The number of ketones is 2. The second-order valence-corrected chi connectivity index (χ2v) is 11.8. The number of hydrogen-bond donors (Lipinski definition) is 1. The number of carbonyl (C=O) groups excluding carboxylic acids is 3. The predicted molar refractivity (Wildman–Crippen MR) is 170 cm³/mol. The lowest BCUT2D eigenvalue weighted by Crippen LogP contribution is -2.51. The van der Waals surface area contributed by atoms with Gasteiger partial charge >= 0.3 is 0 Å². The SMILES string of the molecule is COc1cccc(C(=O)[C@@H]2[C@@H](C(=O)c3cccc([N+](=O)[O-])c3)[C@]3(C(=O)Nc4ccccc43)[C@H]3C=C(C)c4cc(C)ccc4N23)c1. The number of aryl methyl sites for hydroxylation is 1. The third-order valence-corrected chi connectivity index (χ3v) is 9.38. The van der Waals surface area contributed by atoms with E-state index in [1.54, 1.807) is 36.4 Å². The number of allylic oxidation sites excluding steroid dienone is 1. The van der Waals surface area contributed by atoms with Gasteiger partial charge in [0.05, 0.1) is 24.0 Å². The van der Waals surface area contributed by atoms with Crippen LogP contribution < -0.4 is 15.0 Å². The zero-order valence-electron chi connectivity index (χ0n) is 24.8. The number of hydrogen-bond acceptors (Lipinski definition) is 7. The van der Waals surface area contributed by atoms with Crippen LogP contribution in [-0.4, -0.2) is 41.6 Å². The second-order valence-electron chi connectivity index (χ2n) is 11.8. The Morgan fingerprint density at radius 3 is 2.40 bits per heavy atom. The number of rotatable bonds is 6. The van der Waals surface area contributed by atoms with Crippen molar-refractivity contribution in [3.63, 3.8) is 0 Å². The molecular formula is C36H29N3O6. The van der Waals surface area contributed by atoms with E-state index in [-0.39, 0.29) is 17.0 Å². The summed E-state index contributed by atoms with van der Waals surface area (Å²) in [5.41, 5.74) is 3.34. The third kappa shape index (κ3) is 4.03. The molecule has 4 atom stereocenters. The number of nitro groups is 1. The van der Waals surface area contributed by atoms with E-state index < -0.39 is 40.0 Å². The molecule has 0 aliphatic carbocycles. The Kier molecular flexibility index (Phi) is 6.43. The van der Waals surface area contributed by atoms with E-state index >= 15 is 0 Å². The summed E-state index contributed by atoms with van der Waals surface area (Å²) < 4.78 is 5.42. The van der Waals surface area contributed by atoms with Gasteiger partial charge in [0.15, 0.2) is 11.6 Å². The average molecular weight is 600 g/mol. The van der Waals surface area contributed by atoms with Gasteiger partial charge in [-0.1, -0.05) is 60.2 Å². The normalized spacial score (nSPS) is 22.6. The van der Waals surface area contributed by atoms with Crippen molar-refractivity contribution in [1.29, 1.82) is 0 Å². The number of ether oxygens (including phenoxy) is 1. The molecule has 0 saturated carbocycles. The van der Waals surface area contributed by atoms with Crippen LogP contribution in [0.2, 0.25) is 0 Å². The summed E-state index contributed by atoms with van der Waals surface area (Å²) in [5.74, 6) is -2.07. The van der Waals surface area contributed by atoms with Crippen molar-refractivity contribution in [3.8, 4) is 5.75 Å². The third-order valence-electron chi connectivity index (χ3n) is 9.38. The minimum absolute atomic E-state index is 0.0545. The van der Waals surface area contributed by atoms with Crippen LogP contribution in [0, 0.1) is 23.0 Å². The second kappa shape index (κ2) is 10.3. The number of anilines is 2. The zero-order valence-corrected chi connectivity index (χ0v) is 24.8. The number of benzene rings is 4. The molecule has 1 saturated heterocycles. The molecule has 3 aliphatic rings. The molecule has 4 aromatic carbocycles. The van der Waals surface area contributed by atoms with E-state index in [2.05, 4.69) is 5.32 Å². The van der Waals surface area contributed by atoms with Crippen LogP contribution in [0.4, 0.5) is 17.1 Å². The standard InChI is InChI=1S/C36H29N3O6/c1-20-14-15-29-26(16-20)21(2)17-30-36(27-12-4-5-13-28(27)37-35(36)42)31(33(40)22-8-6-10-24(18-22)39(43)44)32(38(29)30)34(41)23-9-7-11-25(19-23)45-3/h4-19,30-32H,1-3H3,(H,37,42)/t30-,31+,32+,36-/m1/s1. The van der Waals surface area contributed by atoms with Gasteiger partial charge < -0.3 is 15.0 Å². The molecule has 1 N–H and O–H groups in total. The summed E-state index contributed by atoms with van der Waals surface area (Å²) in [6, 6.07) is 23.5. The summed E-state index contributed by atoms with van der Waals surface area (Å²) >= 11 is 0. The van der Waals surface area contributed by atoms with Gasteiger partial charge in [0.25, 0.3) is 5.69 Å². The quantitative estimate of drug-likeness (QED) is 0.160. The molecule has 1 amide bonds. The van der Waals surface area contributed by atoms with E-state index in [1.165, 1.54) is 31.4 Å². The van der Waals surface area contributed by atoms with Crippen LogP contribution in [0.5, 0.6) is 5.75 Å². The first-order valence-corrected chi connectivity index (χ1v) is 14.6. The molecule has 3 aliphatic heterocycles. The maximum atomic E-state index is 15.0. The number of nitrogens with zero attached hydrogens (tertiary/aromatic N) is 2. The fraction of sp³-hybridized carbons (Fsp3) is 0.194. The van der Waals surface area contributed by atoms with Crippen LogP contribution in [-0.2, 0) is 10.2 Å². The van der Waals surface area contributed by atoms with Crippen LogP contribution in [0.3, 0.4) is 0 Å². The number of carbonyl (C=O) groups is 3. The highest BCUT2D eigenvalue weighted by molar-refractivity contribution is 6.18. The Bertz CT molecular complexity index is 1980. The van der Waals surface area contributed by atoms with E-state index in [1.807, 2.05) is 55.2 Å².